The van der Waals surface area contributed by atoms with Gasteiger partial charge in [-0.05, 0) is 29.3 Å². The highest BCUT2D eigenvalue weighted by Gasteiger charge is 2.08. The summed E-state index contributed by atoms with van der Waals surface area (Å²) in [6.07, 6.45) is 3.36. The number of benzene rings is 1. The summed E-state index contributed by atoms with van der Waals surface area (Å²) >= 11 is 0. The molecule has 0 saturated carbocycles. The molecular weight excluding hydrogens is 324 g/mol. The van der Waals surface area contributed by atoms with Gasteiger partial charge in [0.2, 0.25) is 0 Å². The molecule has 0 saturated heterocycles. The quantitative estimate of drug-likeness (QED) is 0.659. The standard InChI is InChI=1S/C17H20N4O4/c1-24-15-7-12(4-5-14(15)25-11-16(18)22)9-20-17(23)21-10-13-3-2-6-19-8-13/h2-8H,9-11H2,1H3,(H2,18,22)(H2,20,21,23). The van der Waals surface area contributed by atoms with Gasteiger partial charge in [0.25, 0.3) is 5.91 Å². The Hall–Kier alpha value is -3.29. The second kappa shape index (κ2) is 9.11. The molecule has 3 amide bonds. The zero-order chi connectivity index (χ0) is 18.1. The van der Waals surface area contributed by atoms with Gasteiger partial charge in [0.15, 0.2) is 18.1 Å². The molecule has 0 atom stereocenters. The SMILES string of the molecule is COc1cc(CNC(=O)NCc2cccnc2)ccc1OCC(N)=O. The lowest BCUT2D eigenvalue weighted by Crippen LogP contribution is -2.34. The second-order valence-electron chi connectivity index (χ2n) is 5.14. The lowest BCUT2D eigenvalue weighted by Gasteiger charge is -2.12. The number of nitrogens with zero attached hydrogens (tertiary/aromatic N) is 1. The largest absolute Gasteiger partial charge is 0.493 e. The summed E-state index contributed by atoms with van der Waals surface area (Å²) in [5.74, 6) is 0.292. The fraction of sp³-hybridized carbons (Fsp3) is 0.235. The number of amides is 3. The fourth-order valence-electron chi connectivity index (χ4n) is 2.02. The van der Waals surface area contributed by atoms with Crippen molar-refractivity contribution in [3.63, 3.8) is 0 Å². The number of nitrogens with two attached hydrogens (primary N) is 1. The minimum atomic E-state index is -0.571. The number of urea groups is 1. The van der Waals surface area contributed by atoms with Crippen molar-refractivity contribution in [2.45, 2.75) is 13.1 Å². The van der Waals surface area contributed by atoms with Crippen LogP contribution in [0.5, 0.6) is 11.5 Å². The molecule has 2 rings (SSSR count). The Morgan fingerprint density at radius 2 is 1.88 bits per heavy atom. The maximum absolute atomic E-state index is 11.8. The highest BCUT2D eigenvalue weighted by atomic mass is 16.5. The number of carbonyl (C=O) groups is 2. The van der Waals surface area contributed by atoms with E-state index in [0.717, 1.165) is 11.1 Å². The van der Waals surface area contributed by atoms with E-state index in [1.165, 1.54) is 7.11 Å². The van der Waals surface area contributed by atoms with E-state index in [1.54, 1.807) is 30.6 Å². The highest BCUT2D eigenvalue weighted by molar-refractivity contribution is 5.75. The molecule has 0 radical (unpaired) electrons. The van der Waals surface area contributed by atoms with Gasteiger partial charge in [0, 0.05) is 25.5 Å². The molecule has 0 aliphatic carbocycles. The van der Waals surface area contributed by atoms with E-state index in [4.69, 9.17) is 15.2 Å². The number of pyridine rings is 1. The maximum Gasteiger partial charge on any atom is 0.315 e. The Morgan fingerprint density at radius 3 is 2.52 bits per heavy atom. The van der Waals surface area contributed by atoms with Crippen LogP contribution in [-0.4, -0.2) is 30.6 Å². The van der Waals surface area contributed by atoms with Crippen molar-refractivity contribution in [3.05, 3.63) is 53.9 Å². The Bertz CT molecular complexity index is 722. The number of rotatable bonds is 8. The minimum absolute atomic E-state index is 0.231. The lowest BCUT2D eigenvalue weighted by molar-refractivity contribution is -0.119. The predicted octanol–water partition coefficient (Wildman–Crippen LogP) is 0.954. The van der Waals surface area contributed by atoms with Crippen LogP contribution in [-0.2, 0) is 17.9 Å². The summed E-state index contributed by atoms with van der Waals surface area (Å²) in [6.45, 7) is 0.471. The van der Waals surface area contributed by atoms with Crippen molar-refractivity contribution >= 4 is 11.9 Å². The number of methoxy groups -OCH3 is 1. The number of primary amides is 1. The molecule has 0 aliphatic rings. The molecule has 0 spiro atoms. The second-order valence-corrected chi connectivity index (χ2v) is 5.14. The van der Waals surface area contributed by atoms with Crippen LogP contribution < -0.4 is 25.8 Å². The van der Waals surface area contributed by atoms with E-state index in [2.05, 4.69) is 15.6 Å². The molecule has 1 aromatic heterocycles. The van der Waals surface area contributed by atoms with Crippen LogP contribution in [0.3, 0.4) is 0 Å². The van der Waals surface area contributed by atoms with Gasteiger partial charge in [0.1, 0.15) is 0 Å². The van der Waals surface area contributed by atoms with E-state index in [1.807, 2.05) is 12.1 Å². The summed E-state index contributed by atoms with van der Waals surface area (Å²) < 4.78 is 10.5. The summed E-state index contributed by atoms with van der Waals surface area (Å²) in [4.78, 5) is 26.6. The third kappa shape index (κ3) is 6.02. The summed E-state index contributed by atoms with van der Waals surface area (Å²) in [5.41, 5.74) is 6.78. The van der Waals surface area contributed by atoms with Crippen molar-refractivity contribution in [2.24, 2.45) is 5.73 Å². The molecule has 2 aromatic rings. The Kier molecular flexibility index (Phi) is 6.58. The first-order valence-electron chi connectivity index (χ1n) is 7.57. The third-order valence-electron chi connectivity index (χ3n) is 3.23. The molecule has 0 fully saturated rings. The number of ether oxygens (including phenoxy) is 2. The molecule has 1 heterocycles. The zero-order valence-electron chi connectivity index (χ0n) is 13.8. The van der Waals surface area contributed by atoms with E-state index in [9.17, 15) is 9.59 Å². The highest BCUT2D eigenvalue weighted by Crippen LogP contribution is 2.27. The van der Waals surface area contributed by atoms with Crippen molar-refractivity contribution in [2.75, 3.05) is 13.7 Å². The fourth-order valence-corrected chi connectivity index (χ4v) is 2.02. The Labute approximate surface area is 145 Å². The molecule has 1 aromatic carbocycles. The van der Waals surface area contributed by atoms with Crippen LogP contribution in [0.25, 0.3) is 0 Å². The number of aromatic nitrogens is 1. The molecule has 25 heavy (non-hydrogen) atoms. The summed E-state index contributed by atoms with van der Waals surface area (Å²) in [5, 5.41) is 5.49. The molecule has 8 heteroatoms. The Morgan fingerprint density at radius 1 is 1.12 bits per heavy atom. The topological polar surface area (TPSA) is 116 Å². The lowest BCUT2D eigenvalue weighted by atomic mass is 10.2. The van der Waals surface area contributed by atoms with Gasteiger partial charge in [-0.25, -0.2) is 4.79 Å². The molecule has 8 nitrogen and oxygen atoms in total. The van der Waals surface area contributed by atoms with Crippen LogP contribution in [0.1, 0.15) is 11.1 Å². The number of hydrogen-bond acceptors (Lipinski definition) is 5. The van der Waals surface area contributed by atoms with Crippen LogP contribution in [0.2, 0.25) is 0 Å². The smallest absolute Gasteiger partial charge is 0.315 e. The van der Waals surface area contributed by atoms with Gasteiger partial charge in [0.05, 0.1) is 7.11 Å². The van der Waals surface area contributed by atoms with Gasteiger partial charge < -0.3 is 25.8 Å². The first kappa shape index (κ1) is 18.1. The number of hydrogen-bond donors (Lipinski definition) is 3. The summed E-state index contributed by atoms with van der Waals surface area (Å²) in [7, 11) is 1.49. The maximum atomic E-state index is 11.8. The van der Waals surface area contributed by atoms with Crippen molar-refractivity contribution in [3.8, 4) is 11.5 Å². The first-order valence-corrected chi connectivity index (χ1v) is 7.57. The molecule has 4 N–H and O–H groups in total. The molecule has 132 valence electrons. The summed E-state index contributed by atoms with van der Waals surface area (Å²) in [6, 6.07) is 8.54. The Balaban J connectivity index is 1.85. The molecule has 0 aliphatic heterocycles. The van der Waals surface area contributed by atoms with E-state index >= 15 is 0 Å². The number of nitrogens with one attached hydrogen (secondary N) is 2. The normalized spacial score (nSPS) is 9.96. The van der Waals surface area contributed by atoms with Crippen molar-refractivity contribution in [1.82, 2.24) is 15.6 Å². The zero-order valence-corrected chi connectivity index (χ0v) is 13.8. The van der Waals surface area contributed by atoms with Crippen LogP contribution in [0.4, 0.5) is 4.79 Å². The van der Waals surface area contributed by atoms with Crippen LogP contribution >= 0.6 is 0 Å². The number of carbonyl (C=O) groups excluding carboxylic acids is 2. The van der Waals surface area contributed by atoms with Gasteiger partial charge in [-0.3, -0.25) is 9.78 Å². The van der Waals surface area contributed by atoms with Crippen molar-refractivity contribution < 1.29 is 19.1 Å². The average Bonchev–Trinajstić information content (AvgIpc) is 2.64. The van der Waals surface area contributed by atoms with Gasteiger partial charge >= 0.3 is 6.03 Å². The molecule has 0 unspecified atom stereocenters. The first-order chi connectivity index (χ1) is 12.1. The van der Waals surface area contributed by atoms with E-state index in [0.29, 0.717) is 24.6 Å². The minimum Gasteiger partial charge on any atom is -0.493 e. The van der Waals surface area contributed by atoms with Crippen molar-refractivity contribution in [1.29, 1.82) is 0 Å². The molecule has 0 bridgehead atoms. The third-order valence-corrected chi connectivity index (χ3v) is 3.23. The monoisotopic (exact) mass is 344 g/mol. The van der Waals surface area contributed by atoms with Gasteiger partial charge in [-0.2, -0.15) is 0 Å². The van der Waals surface area contributed by atoms with Crippen LogP contribution in [0.15, 0.2) is 42.7 Å². The van der Waals surface area contributed by atoms with E-state index < -0.39 is 5.91 Å². The predicted molar refractivity (Wildman–Crippen MR) is 91.0 cm³/mol. The van der Waals surface area contributed by atoms with Gasteiger partial charge in [-0.15, -0.1) is 0 Å². The van der Waals surface area contributed by atoms with Crippen LogP contribution in [0, 0.1) is 0 Å². The van der Waals surface area contributed by atoms with Gasteiger partial charge in [-0.1, -0.05) is 12.1 Å². The average molecular weight is 344 g/mol. The molecular formula is C17H20N4O4. The van der Waals surface area contributed by atoms with E-state index in [-0.39, 0.29) is 12.6 Å².